The lowest BCUT2D eigenvalue weighted by Gasteiger charge is -2.19. The van der Waals surface area contributed by atoms with E-state index in [1.807, 2.05) is 17.2 Å². The van der Waals surface area contributed by atoms with Gasteiger partial charge in [-0.25, -0.2) is 4.98 Å². The Hall–Kier alpha value is -0.900. The van der Waals surface area contributed by atoms with E-state index in [0.717, 1.165) is 30.2 Å². The van der Waals surface area contributed by atoms with Gasteiger partial charge in [0.25, 0.3) is 0 Å². The van der Waals surface area contributed by atoms with Crippen LogP contribution >= 0.6 is 11.3 Å². The minimum absolute atomic E-state index is 0.305. The first kappa shape index (κ1) is 12.6. The lowest BCUT2D eigenvalue weighted by molar-refractivity contribution is -0.131. The smallest absolute Gasteiger partial charge is 0.222 e. The highest BCUT2D eigenvalue weighted by Crippen LogP contribution is 2.14. The van der Waals surface area contributed by atoms with Crippen molar-refractivity contribution in [2.45, 2.75) is 45.4 Å². The number of hydrogen-bond acceptors (Lipinski definition) is 3. The molecule has 1 aromatic rings. The van der Waals surface area contributed by atoms with Gasteiger partial charge in [0.2, 0.25) is 5.91 Å². The molecule has 2 rings (SSSR count). The number of hydrogen-bond donors (Lipinski definition) is 0. The second-order valence-corrected chi connectivity index (χ2v) is 5.62. The predicted octanol–water partition coefficient (Wildman–Crippen LogP) is 2.79. The fraction of sp³-hybridized carbons (Fsp3) is 0.692. The predicted molar refractivity (Wildman–Crippen MR) is 70.2 cm³/mol. The number of likely N-dealkylation sites (tertiary alicyclic amines) is 1. The molecule has 4 heteroatoms. The van der Waals surface area contributed by atoms with Gasteiger partial charge in [0, 0.05) is 37.0 Å². The quantitative estimate of drug-likeness (QED) is 0.828. The van der Waals surface area contributed by atoms with Gasteiger partial charge in [-0.15, -0.1) is 11.3 Å². The third-order valence-electron chi connectivity index (χ3n) is 3.18. The summed E-state index contributed by atoms with van der Waals surface area (Å²) >= 11 is 1.66. The van der Waals surface area contributed by atoms with Crippen LogP contribution in [0.4, 0.5) is 0 Å². The maximum Gasteiger partial charge on any atom is 0.222 e. The standard InChI is InChI=1S/C13H20N2OS/c1-11-10-17-12(14-11)6-7-13(16)15-8-4-2-3-5-9-15/h10H,2-9H2,1H3. The summed E-state index contributed by atoms with van der Waals surface area (Å²) in [5.74, 6) is 0.305. The molecule has 0 N–H and O–H groups in total. The van der Waals surface area contributed by atoms with Gasteiger partial charge in [0.05, 0.1) is 5.01 Å². The number of carbonyl (C=O) groups is 1. The Labute approximate surface area is 107 Å². The van der Waals surface area contributed by atoms with Crippen molar-refractivity contribution in [1.82, 2.24) is 9.88 Å². The molecule has 0 saturated carbocycles. The third-order valence-corrected chi connectivity index (χ3v) is 4.20. The summed E-state index contributed by atoms with van der Waals surface area (Å²) in [7, 11) is 0. The molecule has 1 aromatic heterocycles. The molecular formula is C13H20N2OS. The number of nitrogens with zero attached hydrogens (tertiary/aromatic N) is 2. The molecule has 3 nitrogen and oxygen atoms in total. The van der Waals surface area contributed by atoms with Gasteiger partial charge in [-0.1, -0.05) is 12.8 Å². The maximum atomic E-state index is 12.0. The van der Waals surface area contributed by atoms with Crippen LogP contribution in [0.15, 0.2) is 5.38 Å². The Morgan fingerprint density at radius 1 is 1.35 bits per heavy atom. The number of aromatic nitrogens is 1. The summed E-state index contributed by atoms with van der Waals surface area (Å²) in [4.78, 5) is 18.5. The van der Waals surface area contributed by atoms with E-state index in [0.29, 0.717) is 12.3 Å². The zero-order valence-corrected chi connectivity index (χ0v) is 11.3. The lowest BCUT2D eigenvalue weighted by Crippen LogP contribution is -2.31. The third kappa shape index (κ3) is 3.80. The van der Waals surface area contributed by atoms with Crippen molar-refractivity contribution in [3.05, 3.63) is 16.1 Å². The molecule has 1 fully saturated rings. The van der Waals surface area contributed by atoms with Crippen LogP contribution in [0, 0.1) is 6.92 Å². The van der Waals surface area contributed by atoms with Gasteiger partial charge in [0.15, 0.2) is 0 Å². The van der Waals surface area contributed by atoms with Gasteiger partial charge < -0.3 is 4.90 Å². The number of thiazole rings is 1. The SMILES string of the molecule is Cc1csc(CCC(=O)N2CCCCCC2)n1. The molecule has 1 aliphatic heterocycles. The minimum Gasteiger partial charge on any atom is -0.343 e. The second-order valence-electron chi connectivity index (χ2n) is 4.68. The molecule has 94 valence electrons. The molecule has 0 unspecified atom stereocenters. The van der Waals surface area contributed by atoms with Gasteiger partial charge in [-0.3, -0.25) is 4.79 Å². The summed E-state index contributed by atoms with van der Waals surface area (Å²) in [5.41, 5.74) is 1.06. The summed E-state index contributed by atoms with van der Waals surface area (Å²) in [6.45, 7) is 3.90. The van der Waals surface area contributed by atoms with Crippen molar-refractivity contribution in [3.8, 4) is 0 Å². The first-order chi connectivity index (χ1) is 8.25. The number of rotatable bonds is 3. The second kappa shape index (κ2) is 6.15. The zero-order chi connectivity index (χ0) is 12.1. The van der Waals surface area contributed by atoms with Crippen molar-refractivity contribution in [3.63, 3.8) is 0 Å². The Bertz CT molecular complexity index is 367. The molecule has 1 amide bonds. The van der Waals surface area contributed by atoms with Crippen LogP contribution in [0.3, 0.4) is 0 Å². The minimum atomic E-state index is 0.305. The van der Waals surface area contributed by atoms with E-state index in [1.165, 1.54) is 25.7 Å². The van der Waals surface area contributed by atoms with Crippen molar-refractivity contribution < 1.29 is 4.79 Å². The average molecular weight is 252 g/mol. The topological polar surface area (TPSA) is 33.2 Å². The van der Waals surface area contributed by atoms with Crippen LogP contribution in [0.25, 0.3) is 0 Å². The summed E-state index contributed by atoms with van der Waals surface area (Å²) in [5, 5.41) is 3.14. The van der Waals surface area contributed by atoms with E-state index in [9.17, 15) is 4.79 Å². The van der Waals surface area contributed by atoms with Crippen molar-refractivity contribution in [2.75, 3.05) is 13.1 Å². The number of amides is 1. The van der Waals surface area contributed by atoms with Gasteiger partial charge in [-0.05, 0) is 19.8 Å². The Morgan fingerprint density at radius 3 is 2.65 bits per heavy atom. The van der Waals surface area contributed by atoms with Crippen molar-refractivity contribution in [2.24, 2.45) is 0 Å². The average Bonchev–Trinajstić information content (AvgIpc) is 2.58. The van der Waals surface area contributed by atoms with Gasteiger partial charge in [-0.2, -0.15) is 0 Å². The Morgan fingerprint density at radius 2 is 2.06 bits per heavy atom. The van der Waals surface area contributed by atoms with Crippen LogP contribution in [0.1, 0.15) is 42.8 Å². The highest BCUT2D eigenvalue weighted by molar-refractivity contribution is 7.09. The van der Waals surface area contributed by atoms with Crippen molar-refractivity contribution >= 4 is 17.2 Å². The zero-order valence-electron chi connectivity index (χ0n) is 10.4. The fourth-order valence-electron chi connectivity index (χ4n) is 2.21. The maximum absolute atomic E-state index is 12.0. The highest BCUT2D eigenvalue weighted by Gasteiger charge is 2.15. The number of aryl methyl sites for hydroxylation is 2. The molecule has 0 spiro atoms. The van der Waals surface area contributed by atoms with Crippen LogP contribution in [0.5, 0.6) is 0 Å². The molecule has 17 heavy (non-hydrogen) atoms. The van der Waals surface area contributed by atoms with E-state index in [2.05, 4.69) is 4.98 Å². The molecule has 1 aliphatic rings. The van der Waals surface area contributed by atoms with Crippen LogP contribution < -0.4 is 0 Å². The molecule has 0 aromatic carbocycles. The van der Waals surface area contributed by atoms with Crippen molar-refractivity contribution in [1.29, 1.82) is 0 Å². The first-order valence-corrected chi connectivity index (χ1v) is 7.32. The first-order valence-electron chi connectivity index (χ1n) is 6.44. The summed E-state index contributed by atoms with van der Waals surface area (Å²) in [6.07, 6.45) is 6.30. The summed E-state index contributed by atoms with van der Waals surface area (Å²) < 4.78 is 0. The fourth-order valence-corrected chi connectivity index (χ4v) is 2.99. The molecule has 0 aliphatic carbocycles. The lowest BCUT2D eigenvalue weighted by atomic mass is 10.2. The largest absolute Gasteiger partial charge is 0.343 e. The monoisotopic (exact) mass is 252 g/mol. The number of carbonyl (C=O) groups excluding carboxylic acids is 1. The Balaban J connectivity index is 1.79. The van der Waals surface area contributed by atoms with Gasteiger partial charge in [0.1, 0.15) is 0 Å². The van der Waals surface area contributed by atoms with Gasteiger partial charge >= 0.3 is 0 Å². The molecule has 2 heterocycles. The highest BCUT2D eigenvalue weighted by atomic mass is 32.1. The van der Waals surface area contributed by atoms with E-state index in [4.69, 9.17) is 0 Å². The molecular weight excluding hydrogens is 232 g/mol. The van der Waals surface area contributed by atoms with Crippen LogP contribution in [-0.2, 0) is 11.2 Å². The van der Waals surface area contributed by atoms with Crippen LogP contribution in [-0.4, -0.2) is 28.9 Å². The molecule has 0 atom stereocenters. The molecule has 0 bridgehead atoms. The van der Waals surface area contributed by atoms with E-state index >= 15 is 0 Å². The molecule has 0 radical (unpaired) electrons. The Kier molecular flexibility index (Phi) is 4.54. The molecule has 1 saturated heterocycles. The van der Waals surface area contributed by atoms with E-state index < -0.39 is 0 Å². The van der Waals surface area contributed by atoms with E-state index in [1.54, 1.807) is 11.3 Å². The normalized spacial score (nSPS) is 16.9. The summed E-state index contributed by atoms with van der Waals surface area (Å²) in [6, 6.07) is 0. The van der Waals surface area contributed by atoms with E-state index in [-0.39, 0.29) is 0 Å². The van der Waals surface area contributed by atoms with Crippen LogP contribution in [0.2, 0.25) is 0 Å².